The summed E-state index contributed by atoms with van der Waals surface area (Å²) in [6.07, 6.45) is 0. The summed E-state index contributed by atoms with van der Waals surface area (Å²) < 4.78 is 4.54. The lowest BCUT2D eigenvalue weighted by Crippen LogP contribution is -2.12. The molecule has 0 aromatic heterocycles. The third kappa shape index (κ3) is 2.49. The minimum Gasteiger partial charge on any atom is -0.469 e. The summed E-state index contributed by atoms with van der Waals surface area (Å²) in [4.78, 5) is 21.5. The van der Waals surface area contributed by atoms with Crippen LogP contribution in [-0.4, -0.2) is 18.0 Å². The second-order valence-corrected chi connectivity index (χ2v) is 3.64. The second-order valence-electron chi connectivity index (χ2n) is 3.21. The molecule has 0 amide bonds. The van der Waals surface area contributed by atoms with Gasteiger partial charge in [-0.25, -0.2) is 0 Å². The second kappa shape index (κ2) is 4.94. The highest BCUT2D eigenvalue weighted by molar-refractivity contribution is 6.30. The van der Waals surface area contributed by atoms with Gasteiger partial charge in [-0.3, -0.25) is 14.9 Å². The summed E-state index contributed by atoms with van der Waals surface area (Å²) in [5, 5.41) is 11.0. The van der Waals surface area contributed by atoms with Crippen molar-refractivity contribution in [3.63, 3.8) is 0 Å². The number of methoxy groups -OCH3 is 1. The van der Waals surface area contributed by atoms with Crippen LogP contribution in [0.4, 0.5) is 5.69 Å². The molecule has 5 nitrogen and oxygen atoms in total. The number of carbonyl (C=O) groups is 1. The highest BCUT2D eigenvalue weighted by Gasteiger charge is 2.24. The molecule has 0 aliphatic rings. The maximum absolute atomic E-state index is 11.3. The average Bonchev–Trinajstić information content (AvgIpc) is 2.26. The first kappa shape index (κ1) is 12.4. The van der Waals surface area contributed by atoms with Crippen molar-refractivity contribution in [3.05, 3.63) is 38.9 Å². The summed E-state index contributed by atoms with van der Waals surface area (Å²) in [6.45, 7) is 1.54. The maximum Gasteiger partial charge on any atom is 0.313 e. The van der Waals surface area contributed by atoms with Gasteiger partial charge in [0.1, 0.15) is 0 Å². The van der Waals surface area contributed by atoms with Crippen LogP contribution in [0, 0.1) is 10.1 Å². The first-order valence-corrected chi connectivity index (χ1v) is 4.86. The lowest BCUT2D eigenvalue weighted by Gasteiger charge is -2.09. The number of hydrogen-bond acceptors (Lipinski definition) is 4. The molecule has 0 saturated heterocycles. The molecule has 1 unspecified atom stereocenters. The Morgan fingerprint density at radius 2 is 2.19 bits per heavy atom. The molecule has 1 atom stereocenters. The SMILES string of the molecule is COC(=O)C(C)c1ccc(Cl)cc1[N+](=O)[O-]. The van der Waals surface area contributed by atoms with Crippen molar-refractivity contribution in [2.24, 2.45) is 0 Å². The van der Waals surface area contributed by atoms with Gasteiger partial charge in [-0.1, -0.05) is 11.6 Å². The van der Waals surface area contributed by atoms with Crippen LogP contribution in [0.1, 0.15) is 18.4 Å². The highest BCUT2D eigenvalue weighted by atomic mass is 35.5. The number of nitro benzene ring substituents is 1. The van der Waals surface area contributed by atoms with Gasteiger partial charge in [0, 0.05) is 16.7 Å². The zero-order chi connectivity index (χ0) is 12.3. The normalized spacial score (nSPS) is 11.9. The van der Waals surface area contributed by atoms with Crippen molar-refractivity contribution < 1.29 is 14.5 Å². The standard InChI is InChI=1S/C10H10ClNO4/c1-6(10(13)16-2)8-4-3-7(11)5-9(8)12(14)15/h3-6H,1-2H3. The molecule has 1 aromatic rings. The Bertz CT molecular complexity index is 433. The fourth-order valence-corrected chi connectivity index (χ4v) is 1.51. The Morgan fingerprint density at radius 1 is 1.56 bits per heavy atom. The average molecular weight is 244 g/mol. The number of nitrogens with zero attached hydrogens (tertiary/aromatic N) is 1. The summed E-state index contributed by atoms with van der Waals surface area (Å²) in [5.41, 5.74) is 0.117. The number of halogens is 1. The number of carbonyl (C=O) groups excluding carboxylic acids is 1. The van der Waals surface area contributed by atoms with E-state index < -0.39 is 16.8 Å². The zero-order valence-electron chi connectivity index (χ0n) is 8.77. The van der Waals surface area contributed by atoms with E-state index in [9.17, 15) is 14.9 Å². The van der Waals surface area contributed by atoms with E-state index in [1.54, 1.807) is 6.92 Å². The molecule has 0 bridgehead atoms. The van der Waals surface area contributed by atoms with Crippen molar-refractivity contribution in [1.29, 1.82) is 0 Å². The molecule has 0 aliphatic heterocycles. The minimum atomic E-state index is -0.692. The Labute approximate surface area is 97.1 Å². The van der Waals surface area contributed by atoms with Crippen LogP contribution in [0.25, 0.3) is 0 Å². The topological polar surface area (TPSA) is 69.4 Å². The third-order valence-electron chi connectivity index (χ3n) is 2.21. The van der Waals surface area contributed by atoms with E-state index in [0.717, 1.165) is 0 Å². The molecule has 0 N–H and O–H groups in total. The number of hydrogen-bond donors (Lipinski definition) is 0. The van der Waals surface area contributed by atoms with E-state index in [-0.39, 0.29) is 10.7 Å². The van der Waals surface area contributed by atoms with E-state index in [1.165, 1.54) is 25.3 Å². The van der Waals surface area contributed by atoms with Crippen LogP contribution < -0.4 is 0 Å². The molecule has 0 saturated carbocycles. The van der Waals surface area contributed by atoms with Crippen molar-refractivity contribution >= 4 is 23.3 Å². The smallest absolute Gasteiger partial charge is 0.313 e. The molecule has 1 aromatic carbocycles. The lowest BCUT2D eigenvalue weighted by atomic mass is 9.99. The van der Waals surface area contributed by atoms with Gasteiger partial charge in [0.2, 0.25) is 0 Å². The van der Waals surface area contributed by atoms with Gasteiger partial charge in [-0.15, -0.1) is 0 Å². The van der Waals surface area contributed by atoms with Crippen LogP contribution in [-0.2, 0) is 9.53 Å². The number of nitro groups is 1. The summed E-state index contributed by atoms with van der Waals surface area (Å²) in [5.74, 6) is -1.21. The van der Waals surface area contributed by atoms with Crippen LogP contribution >= 0.6 is 11.6 Å². The quantitative estimate of drug-likeness (QED) is 0.465. The number of esters is 1. The van der Waals surface area contributed by atoms with Crippen molar-refractivity contribution in [2.45, 2.75) is 12.8 Å². The van der Waals surface area contributed by atoms with E-state index in [2.05, 4.69) is 4.74 Å². The molecule has 16 heavy (non-hydrogen) atoms. The van der Waals surface area contributed by atoms with E-state index in [1.807, 2.05) is 0 Å². The van der Waals surface area contributed by atoms with Crippen LogP contribution in [0.2, 0.25) is 5.02 Å². The number of rotatable bonds is 3. The molecular weight excluding hydrogens is 234 g/mol. The van der Waals surface area contributed by atoms with Crippen molar-refractivity contribution in [2.75, 3.05) is 7.11 Å². The Hall–Kier alpha value is -1.62. The Morgan fingerprint density at radius 3 is 2.69 bits per heavy atom. The molecule has 6 heteroatoms. The predicted octanol–water partition coefficient (Wildman–Crippen LogP) is 2.52. The minimum absolute atomic E-state index is 0.176. The van der Waals surface area contributed by atoms with Gasteiger partial charge in [0.05, 0.1) is 18.0 Å². The van der Waals surface area contributed by atoms with Crippen LogP contribution in [0.3, 0.4) is 0 Å². The fourth-order valence-electron chi connectivity index (χ4n) is 1.34. The van der Waals surface area contributed by atoms with Crippen LogP contribution in [0.5, 0.6) is 0 Å². The largest absolute Gasteiger partial charge is 0.469 e. The van der Waals surface area contributed by atoms with Crippen LogP contribution in [0.15, 0.2) is 18.2 Å². The van der Waals surface area contributed by atoms with Gasteiger partial charge < -0.3 is 4.74 Å². The van der Waals surface area contributed by atoms with Gasteiger partial charge in [0.25, 0.3) is 5.69 Å². The van der Waals surface area contributed by atoms with E-state index in [4.69, 9.17) is 11.6 Å². The molecule has 86 valence electrons. The molecule has 0 fully saturated rings. The van der Waals surface area contributed by atoms with E-state index >= 15 is 0 Å². The fraction of sp³-hybridized carbons (Fsp3) is 0.300. The first-order chi connectivity index (χ1) is 7.47. The van der Waals surface area contributed by atoms with Gasteiger partial charge in [-0.05, 0) is 19.1 Å². The predicted molar refractivity (Wildman–Crippen MR) is 58.5 cm³/mol. The van der Waals surface area contributed by atoms with Crippen molar-refractivity contribution in [1.82, 2.24) is 0 Å². The molecule has 0 spiro atoms. The molecule has 0 heterocycles. The third-order valence-corrected chi connectivity index (χ3v) is 2.45. The lowest BCUT2D eigenvalue weighted by molar-refractivity contribution is -0.385. The summed E-state index contributed by atoms with van der Waals surface area (Å²) >= 11 is 5.66. The maximum atomic E-state index is 11.3. The Balaban J connectivity index is 3.22. The van der Waals surface area contributed by atoms with Gasteiger partial charge >= 0.3 is 5.97 Å². The molecule has 0 radical (unpaired) electrons. The first-order valence-electron chi connectivity index (χ1n) is 4.49. The molecule has 1 rings (SSSR count). The van der Waals surface area contributed by atoms with Crippen molar-refractivity contribution in [3.8, 4) is 0 Å². The highest BCUT2D eigenvalue weighted by Crippen LogP contribution is 2.29. The monoisotopic (exact) mass is 243 g/mol. The summed E-state index contributed by atoms with van der Waals surface area (Å²) in [7, 11) is 1.24. The number of benzene rings is 1. The van der Waals surface area contributed by atoms with Gasteiger partial charge in [0.15, 0.2) is 0 Å². The summed E-state index contributed by atoms with van der Waals surface area (Å²) in [6, 6.07) is 4.18. The van der Waals surface area contributed by atoms with Gasteiger partial charge in [-0.2, -0.15) is 0 Å². The Kier molecular flexibility index (Phi) is 3.84. The zero-order valence-corrected chi connectivity index (χ0v) is 9.52. The molecular formula is C10H10ClNO4. The molecule has 0 aliphatic carbocycles. The van der Waals surface area contributed by atoms with E-state index in [0.29, 0.717) is 5.56 Å². The number of ether oxygens (including phenoxy) is 1.